The molecular formula is C14H23N3S. The second-order valence-corrected chi connectivity index (χ2v) is 6.76. The van der Waals surface area contributed by atoms with Gasteiger partial charge in [0.15, 0.2) is 5.13 Å². The molecule has 0 aliphatic heterocycles. The molecule has 0 radical (unpaired) electrons. The van der Waals surface area contributed by atoms with Gasteiger partial charge >= 0.3 is 0 Å². The maximum atomic E-state index is 4.59. The van der Waals surface area contributed by atoms with Crippen molar-refractivity contribution in [3.05, 3.63) is 11.1 Å². The van der Waals surface area contributed by atoms with Crippen molar-refractivity contribution >= 4 is 16.5 Å². The zero-order chi connectivity index (χ0) is 12.4. The lowest BCUT2D eigenvalue weighted by Gasteiger charge is -2.30. The van der Waals surface area contributed by atoms with Gasteiger partial charge in [0.1, 0.15) is 0 Å². The lowest BCUT2D eigenvalue weighted by molar-refractivity contribution is 0.427. The van der Waals surface area contributed by atoms with Crippen molar-refractivity contribution in [2.75, 3.05) is 11.9 Å². The Morgan fingerprint density at radius 2 is 2.06 bits per heavy atom. The van der Waals surface area contributed by atoms with Crippen LogP contribution in [0.25, 0.3) is 0 Å². The van der Waals surface area contributed by atoms with Crippen LogP contribution in [-0.4, -0.2) is 24.1 Å². The van der Waals surface area contributed by atoms with Gasteiger partial charge in [0.2, 0.25) is 0 Å². The first-order valence-corrected chi connectivity index (χ1v) is 8.05. The van der Waals surface area contributed by atoms with Gasteiger partial charge in [0.05, 0.1) is 0 Å². The van der Waals surface area contributed by atoms with E-state index in [2.05, 4.69) is 28.4 Å². The van der Waals surface area contributed by atoms with E-state index in [1.165, 1.54) is 55.0 Å². The molecule has 1 aromatic rings. The molecule has 2 aliphatic carbocycles. The number of nitrogens with zero attached hydrogens (tertiary/aromatic N) is 2. The van der Waals surface area contributed by atoms with E-state index in [9.17, 15) is 0 Å². The van der Waals surface area contributed by atoms with Crippen LogP contribution in [0.3, 0.4) is 0 Å². The number of rotatable bonds is 5. The average molecular weight is 265 g/mol. The molecule has 3 rings (SSSR count). The maximum absolute atomic E-state index is 4.59. The zero-order valence-corrected chi connectivity index (χ0v) is 12.0. The van der Waals surface area contributed by atoms with Gasteiger partial charge in [-0.15, -0.1) is 11.3 Å². The molecule has 2 aliphatic rings. The summed E-state index contributed by atoms with van der Waals surface area (Å²) in [6.07, 6.45) is 11.6. The summed E-state index contributed by atoms with van der Waals surface area (Å²) in [5, 5.41) is 4.76. The Bertz CT molecular complexity index is 380. The number of hydrogen-bond acceptors (Lipinski definition) is 4. The molecule has 4 heteroatoms. The molecule has 2 fully saturated rings. The second kappa shape index (κ2) is 5.57. The minimum Gasteiger partial charge on any atom is -0.348 e. The predicted octanol–water partition coefficient (Wildman–Crippen LogP) is 3.16. The van der Waals surface area contributed by atoms with Crippen LogP contribution in [0.2, 0.25) is 0 Å². The van der Waals surface area contributed by atoms with E-state index >= 15 is 0 Å². The van der Waals surface area contributed by atoms with Crippen LogP contribution in [0.4, 0.5) is 5.13 Å². The number of anilines is 1. The van der Waals surface area contributed by atoms with Crippen LogP contribution in [0.15, 0.2) is 6.20 Å². The molecule has 0 amide bonds. The average Bonchev–Trinajstić information content (AvgIpc) is 3.14. The van der Waals surface area contributed by atoms with Crippen LogP contribution >= 0.6 is 11.3 Å². The highest BCUT2D eigenvalue weighted by Gasteiger charge is 2.22. The minimum atomic E-state index is 0.717. The highest BCUT2D eigenvalue weighted by atomic mass is 32.1. The Kier molecular flexibility index (Phi) is 3.85. The molecule has 1 aromatic heterocycles. The van der Waals surface area contributed by atoms with Gasteiger partial charge in [-0.05, 0) is 25.7 Å². The Morgan fingerprint density at radius 3 is 2.78 bits per heavy atom. The third-order valence-electron chi connectivity index (χ3n) is 4.11. The summed E-state index contributed by atoms with van der Waals surface area (Å²) in [5.74, 6) is 0. The third kappa shape index (κ3) is 3.04. The molecule has 1 heterocycles. The van der Waals surface area contributed by atoms with Crippen molar-refractivity contribution in [1.29, 1.82) is 0 Å². The summed E-state index contributed by atoms with van der Waals surface area (Å²) in [6, 6.07) is 1.50. The smallest absolute Gasteiger partial charge is 0.185 e. The van der Waals surface area contributed by atoms with Crippen LogP contribution in [-0.2, 0) is 6.54 Å². The first kappa shape index (κ1) is 12.4. The molecule has 0 saturated heterocycles. The lowest BCUT2D eigenvalue weighted by atomic mass is 9.95. The summed E-state index contributed by atoms with van der Waals surface area (Å²) >= 11 is 1.86. The summed E-state index contributed by atoms with van der Waals surface area (Å²) in [4.78, 5) is 8.38. The molecule has 0 aromatic carbocycles. The molecule has 0 unspecified atom stereocenters. The Labute approximate surface area is 114 Å². The molecule has 1 N–H and O–H groups in total. The van der Waals surface area contributed by atoms with Crippen molar-refractivity contribution in [3.8, 4) is 0 Å². The highest BCUT2D eigenvalue weighted by molar-refractivity contribution is 7.15. The van der Waals surface area contributed by atoms with Gasteiger partial charge in [-0.3, -0.25) is 0 Å². The molecule has 2 saturated carbocycles. The van der Waals surface area contributed by atoms with E-state index < -0.39 is 0 Å². The van der Waals surface area contributed by atoms with Gasteiger partial charge in [-0.25, -0.2) is 4.98 Å². The SMILES string of the molecule is CN(c1ncc(CNC2CC2)s1)C1CCCCC1. The fraction of sp³-hybridized carbons (Fsp3) is 0.786. The maximum Gasteiger partial charge on any atom is 0.185 e. The molecule has 0 bridgehead atoms. The van der Waals surface area contributed by atoms with Crippen molar-refractivity contribution < 1.29 is 0 Å². The molecule has 0 spiro atoms. The van der Waals surface area contributed by atoms with E-state index in [-0.39, 0.29) is 0 Å². The highest BCUT2D eigenvalue weighted by Crippen LogP contribution is 2.29. The van der Waals surface area contributed by atoms with Crippen molar-refractivity contribution in [2.45, 2.75) is 63.6 Å². The molecular weight excluding hydrogens is 242 g/mol. The zero-order valence-electron chi connectivity index (χ0n) is 11.2. The monoisotopic (exact) mass is 265 g/mol. The second-order valence-electron chi connectivity index (χ2n) is 5.67. The molecule has 100 valence electrons. The van der Waals surface area contributed by atoms with Gasteiger partial charge in [-0.1, -0.05) is 19.3 Å². The standard InChI is InChI=1S/C14H23N3S/c1-17(12-5-3-2-4-6-12)14-16-10-13(18-14)9-15-11-7-8-11/h10-12,15H,2-9H2,1H3. The van der Waals surface area contributed by atoms with Crippen molar-refractivity contribution in [1.82, 2.24) is 10.3 Å². The molecule has 3 nitrogen and oxygen atoms in total. The summed E-state index contributed by atoms with van der Waals surface area (Å²) < 4.78 is 0. The third-order valence-corrected chi connectivity index (χ3v) is 5.20. The van der Waals surface area contributed by atoms with Gasteiger partial charge in [0, 0.05) is 36.8 Å². The van der Waals surface area contributed by atoms with Crippen LogP contribution < -0.4 is 10.2 Å². The first-order chi connectivity index (χ1) is 8.83. The van der Waals surface area contributed by atoms with Gasteiger partial charge < -0.3 is 10.2 Å². The molecule has 18 heavy (non-hydrogen) atoms. The summed E-state index contributed by atoms with van der Waals surface area (Å²) in [5.41, 5.74) is 0. The van der Waals surface area contributed by atoms with E-state index in [0.717, 1.165) is 12.6 Å². The van der Waals surface area contributed by atoms with E-state index in [1.54, 1.807) is 0 Å². The Balaban J connectivity index is 1.56. The number of nitrogens with one attached hydrogen (secondary N) is 1. The Hall–Kier alpha value is -0.610. The predicted molar refractivity (Wildman–Crippen MR) is 77.3 cm³/mol. The van der Waals surface area contributed by atoms with E-state index in [4.69, 9.17) is 0 Å². The summed E-state index contributed by atoms with van der Waals surface area (Å²) in [6.45, 7) is 1.00. The molecule has 0 atom stereocenters. The van der Waals surface area contributed by atoms with E-state index in [0.29, 0.717) is 6.04 Å². The van der Waals surface area contributed by atoms with Crippen molar-refractivity contribution in [2.24, 2.45) is 0 Å². The quantitative estimate of drug-likeness (QED) is 0.886. The first-order valence-electron chi connectivity index (χ1n) is 7.24. The number of aromatic nitrogens is 1. The topological polar surface area (TPSA) is 28.2 Å². The van der Waals surface area contributed by atoms with Crippen LogP contribution in [0, 0.1) is 0 Å². The van der Waals surface area contributed by atoms with Gasteiger partial charge in [0.25, 0.3) is 0 Å². The normalized spacial score (nSPS) is 21.2. The van der Waals surface area contributed by atoms with E-state index in [1.807, 2.05) is 11.3 Å². The minimum absolute atomic E-state index is 0.717. The fourth-order valence-electron chi connectivity index (χ4n) is 2.70. The largest absolute Gasteiger partial charge is 0.348 e. The van der Waals surface area contributed by atoms with Crippen molar-refractivity contribution in [3.63, 3.8) is 0 Å². The summed E-state index contributed by atoms with van der Waals surface area (Å²) in [7, 11) is 2.22. The van der Waals surface area contributed by atoms with Crippen LogP contribution in [0.5, 0.6) is 0 Å². The lowest BCUT2D eigenvalue weighted by Crippen LogP contribution is -2.33. The Morgan fingerprint density at radius 1 is 1.28 bits per heavy atom. The van der Waals surface area contributed by atoms with Crippen LogP contribution in [0.1, 0.15) is 49.8 Å². The number of thiazole rings is 1. The van der Waals surface area contributed by atoms with Gasteiger partial charge in [-0.2, -0.15) is 0 Å². The fourth-order valence-corrected chi connectivity index (χ4v) is 3.59. The number of hydrogen-bond donors (Lipinski definition) is 1.